The third-order valence-electron chi connectivity index (χ3n) is 5.05. The zero-order valence-electron chi connectivity index (χ0n) is 14.0. The molecule has 6 heteroatoms. The zero-order chi connectivity index (χ0) is 16.9. The molecule has 0 bridgehead atoms. The summed E-state index contributed by atoms with van der Waals surface area (Å²) in [5, 5.41) is 9.01. The minimum absolute atomic E-state index is 0.0820. The van der Waals surface area contributed by atoms with Gasteiger partial charge in [-0.2, -0.15) is 0 Å². The van der Waals surface area contributed by atoms with Crippen LogP contribution in [0.1, 0.15) is 48.3 Å². The van der Waals surface area contributed by atoms with Crippen molar-refractivity contribution in [3.63, 3.8) is 0 Å². The van der Waals surface area contributed by atoms with Crippen molar-refractivity contribution in [3.05, 3.63) is 29.6 Å². The van der Waals surface area contributed by atoms with E-state index in [0.717, 1.165) is 44.7 Å². The van der Waals surface area contributed by atoms with Crippen molar-refractivity contribution >= 4 is 11.9 Å². The van der Waals surface area contributed by atoms with E-state index in [1.165, 1.54) is 25.3 Å². The van der Waals surface area contributed by atoms with Gasteiger partial charge in [-0.25, -0.2) is 9.78 Å². The van der Waals surface area contributed by atoms with Crippen LogP contribution >= 0.6 is 0 Å². The molecule has 0 spiro atoms. The van der Waals surface area contributed by atoms with Crippen LogP contribution in [0.5, 0.6) is 0 Å². The smallest absolute Gasteiger partial charge is 0.354 e. The van der Waals surface area contributed by atoms with E-state index >= 15 is 0 Å². The summed E-state index contributed by atoms with van der Waals surface area (Å²) in [6.45, 7) is 3.78. The van der Waals surface area contributed by atoms with Gasteiger partial charge in [0.15, 0.2) is 0 Å². The van der Waals surface area contributed by atoms with E-state index in [1.807, 2.05) is 11.0 Å². The summed E-state index contributed by atoms with van der Waals surface area (Å²) in [5.41, 5.74) is 0.848. The van der Waals surface area contributed by atoms with Gasteiger partial charge < -0.3 is 10.0 Å². The molecule has 0 radical (unpaired) electrons. The minimum Gasteiger partial charge on any atom is -0.477 e. The second-order valence-electron chi connectivity index (χ2n) is 6.76. The Bertz CT molecular complexity index is 591. The fourth-order valence-corrected chi connectivity index (χ4v) is 3.65. The van der Waals surface area contributed by atoms with E-state index < -0.39 is 5.97 Å². The highest BCUT2D eigenvalue weighted by Crippen LogP contribution is 2.25. The lowest BCUT2D eigenvalue weighted by Gasteiger charge is -2.37. The summed E-state index contributed by atoms with van der Waals surface area (Å²) < 4.78 is 0. The molecule has 1 aromatic rings. The van der Waals surface area contributed by atoms with E-state index in [0.29, 0.717) is 12.5 Å². The molecule has 0 atom stereocenters. The number of piperazine rings is 1. The molecule has 1 aliphatic carbocycles. The molecule has 24 heavy (non-hydrogen) atoms. The first-order valence-corrected chi connectivity index (χ1v) is 8.84. The van der Waals surface area contributed by atoms with Crippen molar-refractivity contribution in [3.8, 4) is 0 Å². The van der Waals surface area contributed by atoms with Gasteiger partial charge in [0, 0.05) is 38.6 Å². The Morgan fingerprint density at radius 3 is 2.46 bits per heavy atom. The van der Waals surface area contributed by atoms with Gasteiger partial charge in [-0.05, 0) is 25.0 Å². The van der Waals surface area contributed by atoms with Crippen LogP contribution in [0.25, 0.3) is 0 Å². The van der Waals surface area contributed by atoms with Crippen molar-refractivity contribution < 1.29 is 14.7 Å². The third kappa shape index (κ3) is 4.12. The number of carboxylic acid groups (broad SMARTS) is 1. The van der Waals surface area contributed by atoms with Crippen molar-refractivity contribution in [2.45, 2.75) is 38.6 Å². The Hall–Kier alpha value is -1.95. The van der Waals surface area contributed by atoms with Gasteiger partial charge in [0.1, 0.15) is 5.69 Å². The molecule has 130 valence electrons. The number of aromatic nitrogens is 1. The number of aromatic carboxylic acids is 1. The van der Waals surface area contributed by atoms with Gasteiger partial charge in [-0.3, -0.25) is 9.69 Å². The molecule has 2 fully saturated rings. The van der Waals surface area contributed by atoms with Crippen molar-refractivity contribution in [1.29, 1.82) is 0 Å². The van der Waals surface area contributed by atoms with E-state index in [2.05, 4.69) is 9.88 Å². The Morgan fingerprint density at radius 1 is 1.08 bits per heavy atom. The van der Waals surface area contributed by atoms with Crippen LogP contribution in [-0.4, -0.2) is 57.9 Å². The van der Waals surface area contributed by atoms with Gasteiger partial charge >= 0.3 is 5.97 Å². The summed E-state index contributed by atoms with van der Waals surface area (Å²) in [4.78, 5) is 32.0. The molecule has 6 nitrogen and oxygen atoms in total. The van der Waals surface area contributed by atoms with Gasteiger partial charge in [0.2, 0.25) is 5.91 Å². The second kappa shape index (κ2) is 7.75. The van der Waals surface area contributed by atoms with Crippen molar-refractivity contribution in [1.82, 2.24) is 14.8 Å². The molecule has 2 aliphatic rings. The first-order valence-electron chi connectivity index (χ1n) is 8.84. The third-order valence-corrected chi connectivity index (χ3v) is 5.05. The molecule has 1 amide bonds. The molecule has 0 aromatic carbocycles. The van der Waals surface area contributed by atoms with Gasteiger partial charge in [-0.15, -0.1) is 0 Å². The molecule has 3 rings (SSSR count). The molecule has 1 aromatic heterocycles. The zero-order valence-corrected chi connectivity index (χ0v) is 14.0. The number of amides is 1. The molecule has 1 aliphatic heterocycles. The number of hydrogen-bond donors (Lipinski definition) is 1. The maximum Gasteiger partial charge on any atom is 0.354 e. The monoisotopic (exact) mass is 331 g/mol. The van der Waals surface area contributed by atoms with E-state index in [1.54, 1.807) is 6.07 Å². The number of carbonyl (C=O) groups excluding carboxylic acids is 1. The summed E-state index contributed by atoms with van der Waals surface area (Å²) in [6.07, 6.45) is 5.72. The summed E-state index contributed by atoms with van der Waals surface area (Å²) in [5.74, 6) is -0.431. The van der Waals surface area contributed by atoms with Crippen LogP contribution < -0.4 is 0 Å². The van der Waals surface area contributed by atoms with Gasteiger partial charge in [-0.1, -0.05) is 25.3 Å². The number of hydrogen-bond acceptors (Lipinski definition) is 4. The number of pyridine rings is 1. The van der Waals surface area contributed by atoms with Crippen LogP contribution in [0.4, 0.5) is 0 Å². The summed E-state index contributed by atoms with van der Waals surface area (Å²) in [7, 11) is 0. The maximum atomic E-state index is 12.6. The summed E-state index contributed by atoms with van der Waals surface area (Å²) >= 11 is 0. The summed E-state index contributed by atoms with van der Waals surface area (Å²) in [6, 6.07) is 5.09. The lowest BCUT2D eigenvalue weighted by molar-refractivity contribution is -0.138. The fourth-order valence-electron chi connectivity index (χ4n) is 3.65. The van der Waals surface area contributed by atoms with Crippen LogP contribution in [0, 0.1) is 5.92 Å². The highest BCUT2D eigenvalue weighted by Gasteiger charge is 2.28. The first kappa shape index (κ1) is 16.9. The number of rotatable bonds is 4. The van der Waals surface area contributed by atoms with E-state index in [4.69, 9.17) is 5.11 Å². The fraction of sp³-hybridized carbons (Fsp3) is 0.611. The largest absolute Gasteiger partial charge is 0.477 e. The van der Waals surface area contributed by atoms with Crippen LogP contribution in [0.15, 0.2) is 18.2 Å². The van der Waals surface area contributed by atoms with E-state index in [9.17, 15) is 9.59 Å². The predicted molar refractivity (Wildman–Crippen MR) is 89.6 cm³/mol. The van der Waals surface area contributed by atoms with E-state index in [-0.39, 0.29) is 11.6 Å². The molecular weight excluding hydrogens is 306 g/mol. The second-order valence-corrected chi connectivity index (χ2v) is 6.76. The number of carboxylic acids is 1. The Labute approximate surface area is 142 Å². The quantitative estimate of drug-likeness (QED) is 0.913. The standard InChI is InChI=1S/C18H25N3O3/c22-17(14-5-2-1-3-6-14)21-11-9-20(10-12-21)13-15-7-4-8-16(19-15)18(23)24/h4,7-8,14H,1-3,5-6,9-13H2,(H,23,24). The number of carbonyl (C=O) groups is 2. The molecule has 1 N–H and O–H groups in total. The molecule has 1 saturated heterocycles. The average molecular weight is 331 g/mol. The highest BCUT2D eigenvalue weighted by molar-refractivity contribution is 5.85. The van der Waals surface area contributed by atoms with Crippen molar-refractivity contribution in [2.24, 2.45) is 5.92 Å². The molecule has 1 saturated carbocycles. The molecule has 0 unspecified atom stereocenters. The molecular formula is C18H25N3O3. The van der Waals surface area contributed by atoms with Crippen molar-refractivity contribution in [2.75, 3.05) is 26.2 Å². The van der Waals surface area contributed by atoms with Gasteiger partial charge in [0.05, 0.1) is 5.69 Å². The Balaban J connectivity index is 1.50. The number of nitrogens with zero attached hydrogens (tertiary/aromatic N) is 3. The topological polar surface area (TPSA) is 73.7 Å². The Morgan fingerprint density at radius 2 is 1.79 bits per heavy atom. The van der Waals surface area contributed by atoms with Crippen LogP contribution in [0.3, 0.4) is 0 Å². The SMILES string of the molecule is O=C(O)c1cccc(CN2CCN(C(=O)C3CCCCC3)CC2)n1. The highest BCUT2D eigenvalue weighted by atomic mass is 16.4. The molecule has 2 heterocycles. The predicted octanol–water partition coefficient (Wildman–Crippen LogP) is 2.00. The Kier molecular flexibility index (Phi) is 5.45. The first-order chi connectivity index (χ1) is 11.6. The van der Waals surface area contributed by atoms with Gasteiger partial charge in [0.25, 0.3) is 0 Å². The van der Waals surface area contributed by atoms with Crippen LogP contribution in [0.2, 0.25) is 0 Å². The lowest BCUT2D eigenvalue weighted by Crippen LogP contribution is -2.50. The lowest BCUT2D eigenvalue weighted by atomic mass is 9.88. The normalized spacial score (nSPS) is 20.1. The maximum absolute atomic E-state index is 12.6. The average Bonchev–Trinajstić information content (AvgIpc) is 2.63. The van der Waals surface area contributed by atoms with Crippen LogP contribution in [-0.2, 0) is 11.3 Å². The minimum atomic E-state index is -1.00.